The second-order valence-electron chi connectivity index (χ2n) is 3.50. The van der Waals surface area contributed by atoms with Crippen molar-refractivity contribution in [2.75, 3.05) is 0 Å². The molecule has 0 N–H and O–H groups in total. The third-order valence-corrected chi connectivity index (χ3v) is 2.35. The van der Waals surface area contributed by atoms with Gasteiger partial charge in [0.2, 0.25) is 0 Å². The first kappa shape index (κ1) is 10.5. The summed E-state index contributed by atoms with van der Waals surface area (Å²) in [5.74, 6) is 0.858. The topological polar surface area (TPSA) is 9.23 Å². The molecule has 0 unspecified atom stereocenters. The van der Waals surface area contributed by atoms with Crippen molar-refractivity contribution in [3.63, 3.8) is 0 Å². The molecule has 1 nitrogen and oxygen atoms in total. The van der Waals surface area contributed by atoms with Crippen LogP contribution < -0.4 is 4.74 Å². The van der Waals surface area contributed by atoms with Crippen molar-refractivity contribution in [2.24, 2.45) is 0 Å². The van der Waals surface area contributed by atoms with E-state index in [-0.39, 0.29) is 6.10 Å². The SMILES string of the molecule is C=C[C@@H](Oc1ccccc1)c1ccccc1. The highest BCUT2D eigenvalue weighted by molar-refractivity contribution is 5.26. The minimum absolute atomic E-state index is 0.0939. The normalized spacial score (nSPS) is 11.8. The lowest BCUT2D eigenvalue weighted by Crippen LogP contribution is -2.03. The van der Waals surface area contributed by atoms with Gasteiger partial charge in [-0.25, -0.2) is 0 Å². The monoisotopic (exact) mass is 210 g/mol. The first-order valence-electron chi connectivity index (χ1n) is 5.29. The van der Waals surface area contributed by atoms with Gasteiger partial charge in [0, 0.05) is 0 Å². The van der Waals surface area contributed by atoms with Crippen LogP contribution in [0.25, 0.3) is 0 Å². The summed E-state index contributed by atoms with van der Waals surface area (Å²) in [5, 5.41) is 0. The Labute approximate surface area is 96.0 Å². The lowest BCUT2D eigenvalue weighted by molar-refractivity contribution is 0.256. The van der Waals surface area contributed by atoms with Crippen LogP contribution in [0.15, 0.2) is 73.3 Å². The Balaban J connectivity index is 2.16. The van der Waals surface area contributed by atoms with E-state index in [0.717, 1.165) is 11.3 Å². The van der Waals surface area contributed by atoms with Gasteiger partial charge in [-0.1, -0.05) is 55.1 Å². The zero-order valence-corrected chi connectivity index (χ0v) is 9.04. The largest absolute Gasteiger partial charge is 0.482 e. The first-order valence-corrected chi connectivity index (χ1v) is 5.29. The smallest absolute Gasteiger partial charge is 0.142 e. The molecule has 1 heteroatoms. The second kappa shape index (κ2) is 5.17. The first-order chi connectivity index (χ1) is 7.90. The Morgan fingerprint density at radius 2 is 1.44 bits per heavy atom. The number of ether oxygens (including phenoxy) is 1. The van der Waals surface area contributed by atoms with Crippen LogP contribution in [-0.2, 0) is 0 Å². The van der Waals surface area contributed by atoms with Crippen LogP contribution in [0, 0.1) is 0 Å². The van der Waals surface area contributed by atoms with Crippen molar-refractivity contribution in [1.82, 2.24) is 0 Å². The maximum atomic E-state index is 5.83. The van der Waals surface area contributed by atoms with E-state index in [2.05, 4.69) is 6.58 Å². The van der Waals surface area contributed by atoms with Gasteiger partial charge in [-0.3, -0.25) is 0 Å². The van der Waals surface area contributed by atoms with Crippen LogP contribution in [0.3, 0.4) is 0 Å². The number of rotatable bonds is 4. The lowest BCUT2D eigenvalue weighted by Gasteiger charge is -2.15. The fourth-order valence-corrected chi connectivity index (χ4v) is 1.54. The average Bonchev–Trinajstić information content (AvgIpc) is 2.38. The van der Waals surface area contributed by atoms with Crippen molar-refractivity contribution < 1.29 is 4.74 Å². The summed E-state index contributed by atoms with van der Waals surface area (Å²) >= 11 is 0. The third-order valence-electron chi connectivity index (χ3n) is 2.35. The van der Waals surface area contributed by atoms with E-state index < -0.39 is 0 Å². The van der Waals surface area contributed by atoms with E-state index in [1.165, 1.54) is 0 Å². The molecule has 16 heavy (non-hydrogen) atoms. The molecule has 0 heterocycles. The Kier molecular flexibility index (Phi) is 3.39. The van der Waals surface area contributed by atoms with Crippen LogP contribution in [0.2, 0.25) is 0 Å². The van der Waals surface area contributed by atoms with Crippen molar-refractivity contribution in [3.05, 3.63) is 78.9 Å². The highest BCUT2D eigenvalue weighted by atomic mass is 16.5. The predicted octanol–water partition coefficient (Wildman–Crippen LogP) is 3.99. The molecule has 0 saturated carbocycles. The fourth-order valence-electron chi connectivity index (χ4n) is 1.54. The Morgan fingerprint density at radius 1 is 0.875 bits per heavy atom. The zero-order chi connectivity index (χ0) is 11.2. The highest BCUT2D eigenvalue weighted by Crippen LogP contribution is 2.22. The lowest BCUT2D eigenvalue weighted by atomic mass is 10.1. The standard InChI is InChI=1S/C15H14O/c1-2-15(13-9-5-3-6-10-13)16-14-11-7-4-8-12-14/h2-12,15H,1H2/t15-/m1/s1. The minimum Gasteiger partial charge on any atom is -0.482 e. The number of hydrogen-bond donors (Lipinski definition) is 0. The molecule has 0 fully saturated rings. The van der Waals surface area contributed by atoms with Gasteiger partial charge in [0.1, 0.15) is 11.9 Å². The van der Waals surface area contributed by atoms with E-state index in [1.807, 2.05) is 66.7 Å². The molecule has 0 radical (unpaired) electrons. The zero-order valence-electron chi connectivity index (χ0n) is 9.04. The molecule has 1 atom stereocenters. The second-order valence-corrected chi connectivity index (χ2v) is 3.50. The van der Waals surface area contributed by atoms with Crippen LogP contribution in [0.4, 0.5) is 0 Å². The summed E-state index contributed by atoms with van der Waals surface area (Å²) < 4.78 is 5.83. The van der Waals surface area contributed by atoms with Crippen LogP contribution >= 0.6 is 0 Å². The predicted molar refractivity (Wildman–Crippen MR) is 66.5 cm³/mol. The van der Waals surface area contributed by atoms with Gasteiger partial charge in [-0.15, -0.1) is 0 Å². The van der Waals surface area contributed by atoms with Gasteiger partial charge in [0.05, 0.1) is 0 Å². The van der Waals surface area contributed by atoms with E-state index in [4.69, 9.17) is 4.74 Å². The van der Waals surface area contributed by atoms with Gasteiger partial charge < -0.3 is 4.74 Å². The Morgan fingerprint density at radius 3 is 2.00 bits per heavy atom. The van der Waals surface area contributed by atoms with Crippen LogP contribution in [0.5, 0.6) is 5.75 Å². The van der Waals surface area contributed by atoms with Gasteiger partial charge in [0.15, 0.2) is 0 Å². The molecule has 0 bridgehead atoms. The van der Waals surface area contributed by atoms with E-state index >= 15 is 0 Å². The summed E-state index contributed by atoms with van der Waals surface area (Å²) in [7, 11) is 0. The molecule has 0 aliphatic heterocycles. The summed E-state index contributed by atoms with van der Waals surface area (Å²) in [4.78, 5) is 0. The van der Waals surface area contributed by atoms with E-state index in [9.17, 15) is 0 Å². The molecular weight excluding hydrogens is 196 g/mol. The van der Waals surface area contributed by atoms with Gasteiger partial charge in [-0.05, 0) is 23.8 Å². The van der Waals surface area contributed by atoms with E-state index in [1.54, 1.807) is 0 Å². The quantitative estimate of drug-likeness (QED) is 0.693. The summed E-state index contributed by atoms with van der Waals surface area (Å²) in [6, 6.07) is 19.8. The summed E-state index contributed by atoms with van der Waals surface area (Å²) in [6.07, 6.45) is 1.71. The molecule has 0 aliphatic rings. The van der Waals surface area contributed by atoms with Gasteiger partial charge >= 0.3 is 0 Å². The molecule has 0 aromatic heterocycles. The number of benzene rings is 2. The van der Waals surface area contributed by atoms with Gasteiger partial charge in [0.25, 0.3) is 0 Å². The van der Waals surface area contributed by atoms with Crippen molar-refractivity contribution in [2.45, 2.75) is 6.10 Å². The number of hydrogen-bond acceptors (Lipinski definition) is 1. The maximum absolute atomic E-state index is 5.83. The van der Waals surface area contributed by atoms with Crippen molar-refractivity contribution >= 4 is 0 Å². The number of para-hydroxylation sites is 1. The molecule has 80 valence electrons. The molecule has 0 spiro atoms. The molecule has 2 aromatic rings. The average molecular weight is 210 g/mol. The highest BCUT2D eigenvalue weighted by Gasteiger charge is 2.07. The molecule has 0 aliphatic carbocycles. The summed E-state index contributed by atoms with van der Waals surface area (Å²) in [5.41, 5.74) is 1.11. The third kappa shape index (κ3) is 2.51. The van der Waals surface area contributed by atoms with Gasteiger partial charge in [-0.2, -0.15) is 0 Å². The molecular formula is C15H14O. The molecule has 0 saturated heterocycles. The summed E-state index contributed by atoms with van der Waals surface area (Å²) in [6.45, 7) is 3.81. The molecule has 0 amide bonds. The molecule has 2 aromatic carbocycles. The fraction of sp³-hybridized carbons (Fsp3) is 0.0667. The molecule has 2 rings (SSSR count). The minimum atomic E-state index is -0.0939. The Bertz CT molecular complexity index is 434. The van der Waals surface area contributed by atoms with Crippen molar-refractivity contribution in [3.8, 4) is 5.75 Å². The van der Waals surface area contributed by atoms with Crippen LogP contribution in [-0.4, -0.2) is 0 Å². The van der Waals surface area contributed by atoms with Crippen LogP contribution in [0.1, 0.15) is 11.7 Å². The van der Waals surface area contributed by atoms with E-state index in [0.29, 0.717) is 0 Å². The Hall–Kier alpha value is -2.02. The maximum Gasteiger partial charge on any atom is 0.142 e. The van der Waals surface area contributed by atoms with Crippen molar-refractivity contribution in [1.29, 1.82) is 0 Å².